The second-order valence-electron chi connectivity index (χ2n) is 5.05. The number of amides is 1. The van der Waals surface area contributed by atoms with E-state index in [-0.39, 0.29) is 5.91 Å². The van der Waals surface area contributed by atoms with E-state index in [0.29, 0.717) is 18.3 Å². The van der Waals surface area contributed by atoms with E-state index in [2.05, 4.69) is 12.2 Å². The fourth-order valence-electron chi connectivity index (χ4n) is 2.10. The molecule has 4 heteroatoms. The molecule has 1 amide bonds. The Labute approximate surface area is 121 Å². The average Bonchev–Trinajstić information content (AvgIpc) is 2.45. The zero-order valence-corrected chi connectivity index (χ0v) is 12.7. The molecule has 0 aliphatic carbocycles. The molecule has 0 spiro atoms. The van der Waals surface area contributed by atoms with Crippen molar-refractivity contribution in [2.24, 2.45) is 0 Å². The maximum atomic E-state index is 11.9. The molecule has 1 rings (SSSR count). The number of nitrogens with one attached hydrogen (secondary N) is 1. The molecule has 0 saturated heterocycles. The molecule has 1 aromatic rings. The highest BCUT2D eigenvalue weighted by molar-refractivity contribution is 5.78. The molecule has 0 radical (unpaired) electrons. The molecule has 0 heterocycles. The predicted molar refractivity (Wildman–Crippen MR) is 81.8 cm³/mol. The summed E-state index contributed by atoms with van der Waals surface area (Å²) >= 11 is 0. The van der Waals surface area contributed by atoms with Crippen LogP contribution in [0, 0.1) is 0 Å². The van der Waals surface area contributed by atoms with Crippen LogP contribution < -0.4 is 5.32 Å². The SMILES string of the molecule is CCN(CC)C(=O)CNC(C)CCc1ccc(O)cc1. The van der Waals surface area contributed by atoms with Crippen LogP contribution in [-0.4, -0.2) is 41.6 Å². The van der Waals surface area contributed by atoms with Crippen molar-refractivity contribution >= 4 is 5.91 Å². The van der Waals surface area contributed by atoms with Gasteiger partial charge >= 0.3 is 0 Å². The number of hydrogen-bond donors (Lipinski definition) is 2. The molecule has 0 aliphatic rings. The van der Waals surface area contributed by atoms with Crippen LogP contribution in [-0.2, 0) is 11.2 Å². The minimum absolute atomic E-state index is 0.159. The van der Waals surface area contributed by atoms with Crippen LogP contribution in [0.2, 0.25) is 0 Å². The summed E-state index contributed by atoms with van der Waals surface area (Å²) in [6.45, 7) is 8.01. The Balaban J connectivity index is 2.28. The lowest BCUT2D eigenvalue weighted by atomic mass is 10.1. The van der Waals surface area contributed by atoms with Gasteiger partial charge in [-0.15, -0.1) is 0 Å². The van der Waals surface area contributed by atoms with Crippen molar-refractivity contribution in [3.63, 3.8) is 0 Å². The van der Waals surface area contributed by atoms with Crippen LogP contribution in [0.25, 0.3) is 0 Å². The minimum atomic E-state index is 0.159. The highest BCUT2D eigenvalue weighted by Gasteiger charge is 2.10. The number of aryl methyl sites for hydroxylation is 1. The van der Waals surface area contributed by atoms with E-state index in [1.54, 1.807) is 12.1 Å². The molecule has 1 aromatic carbocycles. The summed E-state index contributed by atoms with van der Waals surface area (Å²) < 4.78 is 0. The van der Waals surface area contributed by atoms with E-state index in [1.165, 1.54) is 5.56 Å². The second-order valence-corrected chi connectivity index (χ2v) is 5.05. The molecule has 20 heavy (non-hydrogen) atoms. The standard InChI is InChI=1S/C16H26N2O2/c1-4-18(5-2)16(20)12-17-13(3)6-7-14-8-10-15(19)11-9-14/h8-11,13,17,19H,4-7,12H2,1-3H3. The van der Waals surface area contributed by atoms with E-state index < -0.39 is 0 Å². The van der Waals surface area contributed by atoms with Crippen molar-refractivity contribution in [3.05, 3.63) is 29.8 Å². The third kappa shape index (κ3) is 5.61. The number of hydrogen-bond acceptors (Lipinski definition) is 3. The second kappa shape index (κ2) is 8.59. The number of rotatable bonds is 8. The van der Waals surface area contributed by atoms with E-state index in [0.717, 1.165) is 25.9 Å². The third-order valence-corrected chi connectivity index (χ3v) is 3.52. The van der Waals surface area contributed by atoms with E-state index >= 15 is 0 Å². The summed E-state index contributed by atoms with van der Waals surface area (Å²) in [7, 11) is 0. The zero-order valence-electron chi connectivity index (χ0n) is 12.7. The molecular weight excluding hydrogens is 252 g/mol. The van der Waals surface area contributed by atoms with Crippen LogP contribution in [0.3, 0.4) is 0 Å². The lowest BCUT2D eigenvalue weighted by Gasteiger charge is -2.20. The largest absolute Gasteiger partial charge is 0.508 e. The Hall–Kier alpha value is -1.55. The van der Waals surface area contributed by atoms with Gasteiger partial charge in [-0.05, 0) is 51.3 Å². The van der Waals surface area contributed by atoms with Gasteiger partial charge in [0.05, 0.1) is 6.54 Å². The van der Waals surface area contributed by atoms with Gasteiger partial charge in [0.1, 0.15) is 5.75 Å². The van der Waals surface area contributed by atoms with Gasteiger partial charge in [-0.25, -0.2) is 0 Å². The highest BCUT2D eigenvalue weighted by atomic mass is 16.3. The number of carbonyl (C=O) groups excluding carboxylic acids is 1. The number of phenols is 1. The van der Waals surface area contributed by atoms with Gasteiger partial charge in [-0.1, -0.05) is 12.1 Å². The summed E-state index contributed by atoms with van der Waals surface area (Å²) in [5.41, 5.74) is 1.20. The van der Waals surface area contributed by atoms with Gasteiger partial charge in [-0.3, -0.25) is 4.79 Å². The first-order chi connectivity index (χ1) is 9.56. The fraction of sp³-hybridized carbons (Fsp3) is 0.562. The summed E-state index contributed by atoms with van der Waals surface area (Å²) in [6.07, 6.45) is 1.91. The lowest BCUT2D eigenvalue weighted by Crippen LogP contribution is -2.40. The number of likely N-dealkylation sites (N-methyl/N-ethyl adjacent to an activating group) is 1. The van der Waals surface area contributed by atoms with Crippen molar-refractivity contribution < 1.29 is 9.90 Å². The van der Waals surface area contributed by atoms with Crippen molar-refractivity contribution in [2.45, 2.75) is 39.7 Å². The van der Waals surface area contributed by atoms with Crippen molar-refractivity contribution in [1.29, 1.82) is 0 Å². The molecule has 1 unspecified atom stereocenters. The molecule has 0 aliphatic heterocycles. The quantitative estimate of drug-likeness (QED) is 0.766. The Morgan fingerprint density at radius 3 is 2.40 bits per heavy atom. The molecule has 4 nitrogen and oxygen atoms in total. The molecule has 1 atom stereocenters. The predicted octanol–water partition coefficient (Wildman–Crippen LogP) is 2.17. The van der Waals surface area contributed by atoms with Crippen LogP contribution in [0.1, 0.15) is 32.8 Å². The molecule has 112 valence electrons. The third-order valence-electron chi connectivity index (χ3n) is 3.52. The zero-order chi connectivity index (χ0) is 15.0. The summed E-state index contributed by atoms with van der Waals surface area (Å²) in [4.78, 5) is 13.7. The number of carbonyl (C=O) groups is 1. The normalized spacial score (nSPS) is 12.2. The minimum Gasteiger partial charge on any atom is -0.508 e. The Bertz CT molecular complexity index is 399. The Kier molecular flexibility index (Phi) is 7.09. The number of aromatic hydroxyl groups is 1. The van der Waals surface area contributed by atoms with Crippen LogP contribution in [0.5, 0.6) is 5.75 Å². The molecular formula is C16H26N2O2. The highest BCUT2D eigenvalue weighted by Crippen LogP contribution is 2.11. The summed E-state index contributed by atoms with van der Waals surface area (Å²) in [6, 6.07) is 7.57. The van der Waals surface area contributed by atoms with E-state index in [4.69, 9.17) is 0 Å². The Morgan fingerprint density at radius 2 is 1.85 bits per heavy atom. The molecule has 0 saturated carbocycles. The lowest BCUT2D eigenvalue weighted by molar-refractivity contribution is -0.129. The first kappa shape index (κ1) is 16.5. The van der Waals surface area contributed by atoms with Crippen molar-refractivity contribution in [2.75, 3.05) is 19.6 Å². The van der Waals surface area contributed by atoms with Gasteiger partial charge in [0.15, 0.2) is 0 Å². The van der Waals surface area contributed by atoms with Crippen molar-refractivity contribution in [1.82, 2.24) is 10.2 Å². The summed E-state index contributed by atoms with van der Waals surface area (Å²) in [5, 5.41) is 12.5. The van der Waals surface area contributed by atoms with Gasteiger partial charge in [0.25, 0.3) is 0 Å². The smallest absolute Gasteiger partial charge is 0.236 e. The van der Waals surface area contributed by atoms with E-state index in [9.17, 15) is 9.90 Å². The number of nitrogens with zero attached hydrogens (tertiary/aromatic N) is 1. The number of benzene rings is 1. The molecule has 0 bridgehead atoms. The van der Waals surface area contributed by atoms with Gasteiger partial charge in [-0.2, -0.15) is 0 Å². The molecule has 2 N–H and O–H groups in total. The van der Waals surface area contributed by atoms with Crippen LogP contribution >= 0.6 is 0 Å². The molecule has 0 aromatic heterocycles. The fourth-order valence-corrected chi connectivity index (χ4v) is 2.10. The van der Waals surface area contributed by atoms with E-state index in [1.807, 2.05) is 30.9 Å². The van der Waals surface area contributed by atoms with Gasteiger partial charge in [0.2, 0.25) is 5.91 Å². The van der Waals surface area contributed by atoms with Crippen LogP contribution in [0.15, 0.2) is 24.3 Å². The van der Waals surface area contributed by atoms with Crippen LogP contribution in [0.4, 0.5) is 0 Å². The van der Waals surface area contributed by atoms with Gasteiger partial charge < -0.3 is 15.3 Å². The van der Waals surface area contributed by atoms with Gasteiger partial charge in [0, 0.05) is 19.1 Å². The maximum Gasteiger partial charge on any atom is 0.236 e. The summed E-state index contributed by atoms with van der Waals surface area (Å²) in [5.74, 6) is 0.455. The average molecular weight is 278 g/mol. The Morgan fingerprint density at radius 1 is 1.25 bits per heavy atom. The first-order valence-electron chi connectivity index (χ1n) is 7.35. The van der Waals surface area contributed by atoms with Crippen molar-refractivity contribution in [3.8, 4) is 5.75 Å². The topological polar surface area (TPSA) is 52.6 Å². The first-order valence-corrected chi connectivity index (χ1v) is 7.35. The number of phenolic OH excluding ortho intramolecular Hbond substituents is 1. The monoisotopic (exact) mass is 278 g/mol. The maximum absolute atomic E-state index is 11.9. The molecule has 0 fully saturated rings.